The highest BCUT2D eigenvalue weighted by molar-refractivity contribution is 9.10. The zero-order valence-corrected chi connectivity index (χ0v) is 13.1. The van der Waals surface area contributed by atoms with Crippen LogP contribution in [0, 0.1) is 0 Å². The van der Waals surface area contributed by atoms with Crippen molar-refractivity contribution in [3.8, 4) is 0 Å². The quantitative estimate of drug-likeness (QED) is 0.870. The van der Waals surface area contributed by atoms with E-state index in [2.05, 4.69) is 31.5 Å². The van der Waals surface area contributed by atoms with Gasteiger partial charge in [0, 0.05) is 10.5 Å². The number of pyridine rings is 1. The van der Waals surface area contributed by atoms with Gasteiger partial charge in [-0.3, -0.25) is 4.79 Å². The van der Waals surface area contributed by atoms with Crippen LogP contribution in [0.4, 0.5) is 11.5 Å². The maximum absolute atomic E-state index is 12.0. The Labute approximate surface area is 132 Å². The predicted molar refractivity (Wildman–Crippen MR) is 87.4 cm³/mol. The van der Waals surface area contributed by atoms with Crippen LogP contribution in [-0.2, 0) is 11.2 Å². The Hall–Kier alpha value is -1.88. The van der Waals surface area contributed by atoms with Gasteiger partial charge in [-0.1, -0.05) is 28.1 Å². The van der Waals surface area contributed by atoms with Gasteiger partial charge in [-0.05, 0) is 42.7 Å². The number of benzene rings is 1. The Balaban J connectivity index is 1.55. The lowest BCUT2D eigenvalue weighted by Crippen LogP contribution is -2.15. The average molecular weight is 346 g/mol. The molecule has 1 fully saturated rings. The Morgan fingerprint density at radius 1 is 1.19 bits per heavy atom. The third kappa shape index (κ3) is 4.29. The van der Waals surface area contributed by atoms with Gasteiger partial charge in [-0.25, -0.2) is 4.98 Å². The van der Waals surface area contributed by atoms with Crippen LogP contribution in [0.3, 0.4) is 0 Å². The summed E-state index contributed by atoms with van der Waals surface area (Å²) in [5.74, 6) is 0.520. The molecule has 1 aliphatic carbocycles. The molecule has 108 valence electrons. The molecule has 0 bridgehead atoms. The minimum Gasteiger partial charge on any atom is -0.381 e. The number of carbonyl (C=O) groups is 1. The van der Waals surface area contributed by atoms with E-state index in [-0.39, 0.29) is 5.91 Å². The zero-order valence-electron chi connectivity index (χ0n) is 11.5. The van der Waals surface area contributed by atoms with Crippen molar-refractivity contribution >= 4 is 33.3 Å². The van der Waals surface area contributed by atoms with Crippen molar-refractivity contribution in [2.75, 3.05) is 10.6 Å². The summed E-state index contributed by atoms with van der Waals surface area (Å²) in [6.45, 7) is 0. The van der Waals surface area contributed by atoms with Gasteiger partial charge in [0.15, 0.2) is 0 Å². The van der Waals surface area contributed by atoms with Crippen LogP contribution in [0.25, 0.3) is 0 Å². The van der Waals surface area contributed by atoms with Crippen molar-refractivity contribution < 1.29 is 4.79 Å². The van der Waals surface area contributed by atoms with Crippen LogP contribution in [0.15, 0.2) is 47.1 Å². The Bertz CT molecular complexity index is 621. The standard InChI is InChI=1S/C16H16BrN3O/c17-12-3-1-11(2-4-12)9-16(21)20-15-8-7-14(10-18-15)19-13-5-6-13/h1-4,7-8,10,13,19H,5-6,9H2,(H,18,20,21). The maximum Gasteiger partial charge on any atom is 0.229 e. The van der Waals surface area contributed by atoms with E-state index in [9.17, 15) is 4.79 Å². The fourth-order valence-electron chi connectivity index (χ4n) is 1.99. The Kier molecular flexibility index (Phi) is 4.20. The van der Waals surface area contributed by atoms with Crippen molar-refractivity contribution in [1.82, 2.24) is 4.98 Å². The topological polar surface area (TPSA) is 54.0 Å². The molecular weight excluding hydrogens is 330 g/mol. The molecule has 4 nitrogen and oxygen atoms in total. The molecule has 1 aromatic carbocycles. The van der Waals surface area contributed by atoms with Crippen LogP contribution in [-0.4, -0.2) is 16.9 Å². The van der Waals surface area contributed by atoms with Crippen LogP contribution in [0.2, 0.25) is 0 Å². The van der Waals surface area contributed by atoms with E-state index in [1.54, 1.807) is 6.20 Å². The van der Waals surface area contributed by atoms with Crippen LogP contribution < -0.4 is 10.6 Å². The maximum atomic E-state index is 12.0. The second-order valence-corrected chi connectivity index (χ2v) is 6.12. The van der Waals surface area contributed by atoms with Crippen molar-refractivity contribution in [3.05, 3.63) is 52.6 Å². The smallest absolute Gasteiger partial charge is 0.229 e. The van der Waals surface area contributed by atoms with Gasteiger partial charge in [-0.15, -0.1) is 0 Å². The Morgan fingerprint density at radius 2 is 1.95 bits per heavy atom. The van der Waals surface area contributed by atoms with Gasteiger partial charge in [0.05, 0.1) is 18.3 Å². The molecule has 1 heterocycles. The SMILES string of the molecule is O=C(Cc1ccc(Br)cc1)Nc1ccc(NC2CC2)cn1. The minimum absolute atomic E-state index is 0.0623. The molecule has 5 heteroatoms. The summed E-state index contributed by atoms with van der Waals surface area (Å²) >= 11 is 3.38. The Morgan fingerprint density at radius 3 is 2.57 bits per heavy atom. The van der Waals surface area contributed by atoms with E-state index in [1.165, 1.54) is 12.8 Å². The van der Waals surface area contributed by atoms with Gasteiger partial charge in [-0.2, -0.15) is 0 Å². The van der Waals surface area contributed by atoms with Crippen molar-refractivity contribution in [3.63, 3.8) is 0 Å². The number of carbonyl (C=O) groups excluding carboxylic acids is 1. The molecule has 0 aliphatic heterocycles. The molecule has 21 heavy (non-hydrogen) atoms. The fourth-order valence-corrected chi connectivity index (χ4v) is 2.26. The van der Waals surface area contributed by atoms with Gasteiger partial charge in [0.2, 0.25) is 5.91 Å². The molecule has 1 saturated carbocycles. The number of amides is 1. The monoisotopic (exact) mass is 345 g/mol. The number of nitrogens with zero attached hydrogens (tertiary/aromatic N) is 1. The first-order chi connectivity index (χ1) is 10.2. The summed E-state index contributed by atoms with van der Waals surface area (Å²) in [6, 6.07) is 12.1. The molecule has 0 atom stereocenters. The molecule has 3 rings (SSSR count). The van der Waals surface area contributed by atoms with E-state index >= 15 is 0 Å². The minimum atomic E-state index is -0.0623. The summed E-state index contributed by atoms with van der Waals surface area (Å²) < 4.78 is 1.01. The molecule has 2 aromatic rings. The van der Waals surface area contributed by atoms with Gasteiger partial charge in [0.1, 0.15) is 5.82 Å². The highest BCUT2D eigenvalue weighted by Crippen LogP contribution is 2.24. The number of aromatic nitrogens is 1. The van der Waals surface area contributed by atoms with Crippen LogP contribution >= 0.6 is 15.9 Å². The van der Waals surface area contributed by atoms with E-state index in [4.69, 9.17) is 0 Å². The first kappa shape index (κ1) is 14.1. The lowest BCUT2D eigenvalue weighted by molar-refractivity contribution is -0.115. The molecule has 0 radical (unpaired) electrons. The van der Waals surface area contributed by atoms with E-state index in [1.807, 2.05) is 36.4 Å². The third-order valence-corrected chi connectivity index (χ3v) is 3.79. The second kappa shape index (κ2) is 6.26. The summed E-state index contributed by atoms with van der Waals surface area (Å²) in [7, 11) is 0. The van der Waals surface area contributed by atoms with Gasteiger partial charge < -0.3 is 10.6 Å². The number of anilines is 2. The molecule has 1 aliphatic rings. The van der Waals surface area contributed by atoms with E-state index in [0.29, 0.717) is 18.3 Å². The number of hydrogen-bond donors (Lipinski definition) is 2. The van der Waals surface area contributed by atoms with Crippen LogP contribution in [0.1, 0.15) is 18.4 Å². The predicted octanol–water partition coefficient (Wildman–Crippen LogP) is 3.60. The van der Waals surface area contributed by atoms with Crippen molar-refractivity contribution in [2.45, 2.75) is 25.3 Å². The lowest BCUT2D eigenvalue weighted by atomic mass is 10.1. The van der Waals surface area contributed by atoms with Crippen molar-refractivity contribution in [1.29, 1.82) is 0 Å². The summed E-state index contributed by atoms with van der Waals surface area (Å²) in [5.41, 5.74) is 1.98. The van der Waals surface area contributed by atoms with Crippen molar-refractivity contribution in [2.24, 2.45) is 0 Å². The first-order valence-electron chi connectivity index (χ1n) is 6.96. The van der Waals surface area contributed by atoms with Gasteiger partial charge in [0.25, 0.3) is 0 Å². The van der Waals surface area contributed by atoms with E-state index < -0.39 is 0 Å². The highest BCUT2D eigenvalue weighted by atomic mass is 79.9. The number of rotatable bonds is 5. The summed E-state index contributed by atoms with van der Waals surface area (Å²) in [5, 5.41) is 6.17. The van der Waals surface area contributed by atoms with Gasteiger partial charge >= 0.3 is 0 Å². The largest absolute Gasteiger partial charge is 0.381 e. The molecule has 1 aromatic heterocycles. The fraction of sp³-hybridized carbons (Fsp3) is 0.250. The molecular formula is C16H16BrN3O. The highest BCUT2D eigenvalue weighted by Gasteiger charge is 2.20. The molecule has 0 unspecified atom stereocenters. The molecule has 0 spiro atoms. The number of halogens is 1. The summed E-state index contributed by atoms with van der Waals surface area (Å²) in [6.07, 6.45) is 4.56. The normalized spacial score (nSPS) is 13.8. The second-order valence-electron chi connectivity index (χ2n) is 5.20. The molecule has 2 N–H and O–H groups in total. The van der Waals surface area contributed by atoms with Crippen LogP contribution in [0.5, 0.6) is 0 Å². The number of hydrogen-bond acceptors (Lipinski definition) is 3. The third-order valence-electron chi connectivity index (χ3n) is 3.26. The first-order valence-corrected chi connectivity index (χ1v) is 7.75. The molecule has 0 saturated heterocycles. The molecule has 1 amide bonds. The van der Waals surface area contributed by atoms with E-state index in [0.717, 1.165) is 15.7 Å². The lowest BCUT2D eigenvalue weighted by Gasteiger charge is -2.07. The zero-order chi connectivity index (χ0) is 14.7. The number of nitrogens with one attached hydrogen (secondary N) is 2. The average Bonchev–Trinajstić information content (AvgIpc) is 3.28. The summed E-state index contributed by atoms with van der Waals surface area (Å²) in [4.78, 5) is 16.2.